The molecule has 1 aromatic heterocycles. The topological polar surface area (TPSA) is 246 Å². The van der Waals surface area contributed by atoms with E-state index >= 15 is 0 Å². The molecule has 0 bridgehead atoms. The summed E-state index contributed by atoms with van der Waals surface area (Å²) in [6.07, 6.45) is -3.54. The van der Waals surface area contributed by atoms with E-state index in [1.54, 1.807) is 64.6 Å². The third-order valence-corrected chi connectivity index (χ3v) is 14.1. The number of aliphatic hydroxyl groups excluding tert-OH is 2. The molecule has 74 heavy (non-hydrogen) atoms. The van der Waals surface area contributed by atoms with Crippen LogP contribution in [0.3, 0.4) is 0 Å². The molecule has 0 radical (unpaired) electrons. The number of aliphatic hydroxyl groups is 2. The van der Waals surface area contributed by atoms with Gasteiger partial charge in [0, 0.05) is 52.7 Å². The van der Waals surface area contributed by atoms with Crippen LogP contribution in [0.15, 0.2) is 43.0 Å². The number of hydrogen-bond acceptors (Lipinski definition) is 20. The number of likely N-dealkylation sites (N-methyl/N-ethyl adjacent to an activating group) is 2. The van der Waals surface area contributed by atoms with Crippen LogP contribution in [0.25, 0.3) is 11.8 Å². The minimum Gasteiger partial charge on any atom is -0.462 e. The van der Waals surface area contributed by atoms with Gasteiger partial charge < -0.3 is 67.4 Å². The Bertz CT molecular complexity index is 2130. The van der Waals surface area contributed by atoms with E-state index in [0.717, 1.165) is 17.5 Å². The number of carbonyl (C=O) groups excluding carboxylic acids is 5. The summed E-state index contributed by atoms with van der Waals surface area (Å²) >= 11 is 0. The lowest BCUT2D eigenvalue weighted by atomic mass is 9.82. The highest BCUT2D eigenvalue weighted by Crippen LogP contribution is 2.39. The molecule has 5 unspecified atom stereocenters. The van der Waals surface area contributed by atoms with Gasteiger partial charge in [0.25, 0.3) is 0 Å². The number of cyclic esters (lactones) is 1. The van der Waals surface area contributed by atoms with Crippen LogP contribution in [0.1, 0.15) is 112 Å². The SMILES string of the molecule is CCC(=O)O[C@@H]1CC(=O)O[C@@H](C/C=C/c2cccc(-n3cncn3)c2)CCCN(C)C[C@H](O)[C@H](C)C[C@H](CC=O)[C@H](O[C@@H]2OC(C)[C@@H](O[C@H]3CC(C)(OC(C)=O)[C@@H](OC(=O)CC)C(C)O3)C(N(C)C)C2O)[C@H]1OC. The number of esters is 4. The largest absolute Gasteiger partial charge is 0.462 e. The van der Waals surface area contributed by atoms with Crippen LogP contribution >= 0.6 is 0 Å². The number of carbonyl (C=O) groups is 5. The first kappa shape index (κ1) is 60.2. The van der Waals surface area contributed by atoms with Crippen molar-refractivity contribution in [1.29, 1.82) is 0 Å². The first-order valence-corrected chi connectivity index (χ1v) is 25.9. The van der Waals surface area contributed by atoms with Crippen molar-refractivity contribution in [3.8, 4) is 5.69 Å². The second-order valence-electron chi connectivity index (χ2n) is 20.3. The van der Waals surface area contributed by atoms with E-state index in [1.807, 2.05) is 55.3 Å². The summed E-state index contributed by atoms with van der Waals surface area (Å²) in [5.41, 5.74) is 0.389. The highest BCUT2D eigenvalue weighted by Gasteiger charge is 2.54. The number of aldehydes is 1. The predicted molar refractivity (Wildman–Crippen MR) is 268 cm³/mol. The van der Waals surface area contributed by atoms with Crippen molar-refractivity contribution < 1.29 is 76.8 Å². The molecule has 0 spiro atoms. The number of hydrogen-bond donors (Lipinski definition) is 2. The summed E-state index contributed by atoms with van der Waals surface area (Å²) in [6.45, 7) is 12.4. The molecule has 0 amide bonds. The van der Waals surface area contributed by atoms with Gasteiger partial charge in [-0.2, -0.15) is 5.10 Å². The number of ether oxygens (including phenoxy) is 9. The van der Waals surface area contributed by atoms with E-state index in [0.29, 0.717) is 32.4 Å². The Balaban J connectivity index is 1.45. The number of aromatic nitrogens is 3. The van der Waals surface area contributed by atoms with Crippen molar-refractivity contribution in [3.63, 3.8) is 0 Å². The molecule has 3 aliphatic rings. The number of benzene rings is 1. The Morgan fingerprint density at radius 1 is 0.986 bits per heavy atom. The van der Waals surface area contributed by atoms with Crippen LogP contribution in [0, 0.1) is 11.8 Å². The van der Waals surface area contributed by atoms with Crippen LogP contribution in [-0.2, 0) is 66.6 Å². The summed E-state index contributed by atoms with van der Waals surface area (Å²) in [5, 5.41) is 28.3. The normalized spacial score (nSPS) is 34.2. The van der Waals surface area contributed by atoms with Crippen LogP contribution in [0.2, 0.25) is 0 Å². The van der Waals surface area contributed by atoms with E-state index in [2.05, 4.69) is 10.1 Å². The molecular formula is C53H81N5O16. The zero-order chi connectivity index (χ0) is 54.3. The summed E-state index contributed by atoms with van der Waals surface area (Å²) in [7, 11) is 6.79. The van der Waals surface area contributed by atoms with Gasteiger partial charge in [-0.3, -0.25) is 19.2 Å². The van der Waals surface area contributed by atoms with Crippen molar-refractivity contribution in [2.45, 2.75) is 192 Å². The predicted octanol–water partition coefficient (Wildman–Crippen LogP) is 4.21. The lowest BCUT2D eigenvalue weighted by Gasteiger charge is -2.50. The first-order valence-electron chi connectivity index (χ1n) is 25.9. The van der Waals surface area contributed by atoms with Gasteiger partial charge >= 0.3 is 23.9 Å². The monoisotopic (exact) mass is 1040 g/mol. The van der Waals surface area contributed by atoms with Crippen molar-refractivity contribution in [1.82, 2.24) is 24.6 Å². The summed E-state index contributed by atoms with van der Waals surface area (Å²) < 4.78 is 57.8. The van der Waals surface area contributed by atoms with E-state index in [-0.39, 0.29) is 32.1 Å². The van der Waals surface area contributed by atoms with Crippen molar-refractivity contribution in [3.05, 3.63) is 48.6 Å². The van der Waals surface area contributed by atoms with Crippen LogP contribution in [0.4, 0.5) is 0 Å². The molecule has 0 saturated carbocycles. The molecule has 1 aromatic carbocycles. The smallest absolute Gasteiger partial charge is 0.309 e. The molecule has 3 saturated heterocycles. The Morgan fingerprint density at radius 2 is 1.72 bits per heavy atom. The molecule has 3 aliphatic heterocycles. The third-order valence-electron chi connectivity index (χ3n) is 14.1. The molecule has 21 heteroatoms. The quantitative estimate of drug-likeness (QED) is 0.128. The van der Waals surface area contributed by atoms with E-state index < -0.39 is 127 Å². The van der Waals surface area contributed by atoms with E-state index in [1.165, 1.54) is 20.4 Å². The van der Waals surface area contributed by atoms with Crippen LogP contribution < -0.4 is 0 Å². The minimum absolute atomic E-state index is 0.0272. The van der Waals surface area contributed by atoms with E-state index in [4.69, 9.17) is 42.6 Å². The molecule has 21 nitrogen and oxygen atoms in total. The zero-order valence-corrected chi connectivity index (χ0v) is 45.0. The maximum Gasteiger partial charge on any atom is 0.309 e. The summed E-state index contributed by atoms with van der Waals surface area (Å²) in [4.78, 5) is 72.8. The first-order chi connectivity index (χ1) is 35.2. The van der Waals surface area contributed by atoms with Gasteiger partial charge in [-0.25, -0.2) is 9.67 Å². The lowest BCUT2D eigenvalue weighted by Crippen LogP contribution is -2.66. The number of rotatable bonds is 17. The maximum absolute atomic E-state index is 14.2. The average Bonchev–Trinajstić information content (AvgIpc) is 3.89. The third kappa shape index (κ3) is 16.6. The Labute approximate surface area is 435 Å². The molecule has 0 aliphatic carbocycles. The molecule has 16 atom stereocenters. The molecule has 2 aromatic rings. The molecule has 5 rings (SSSR count). The van der Waals surface area contributed by atoms with E-state index in [9.17, 15) is 34.2 Å². The van der Waals surface area contributed by atoms with Crippen LogP contribution in [0.5, 0.6) is 0 Å². The Hall–Kier alpha value is -4.71. The lowest BCUT2D eigenvalue weighted by molar-refractivity contribution is -0.344. The number of β-amino-alcohol motifs (C(OH)–C–C–N with tert-alkyl or cyclic N) is 1. The minimum atomic E-state index is -1.45. The molecule has 2 N–H and O–H groups in total. The van der Waals surface area contributed by atoms with Gasteiger partial charge in [0.15, 0.2) is 24.3 Å². The van der Waals surface area contributed by atoms with Gasteiger partial charge in [0.05, 0.1) is 42.6 Å². The Kier molecular flexibility index (Phi) is 23.1. The van der Waals surface area contributed by atoms with Gasteiger partial charge in [0.2, 0.25) is 0 Å². The fourth-order valence-corrected chi connectivity index (χ4v) is 10.3. The highest BCUT2D eigenvalue weighted by molar-refractivity contribution is 5.73. The van der Waals surface area contributed by atoms with Gasteiger partial charge in [0.1, 0.15) is 49.5 Å². The molecular weight excluding hydrogens is 963 g/mol. The van der Waals surface area contributed by atoms with Crippen molar-refractivity contribution >= 4 is 36.2 Å². The standard InChI is InChI=1S/C53H81N5O16/c1-12-42(62)70-41-27-44(64)69-39(20-15-18-36-17-14-19-38(26-36)58-31-54-30-55-58)21-16-23-57(10)29-40(61)32(3)25-37(22-24-59)49(50(41)66-11)73-52-47(65)46(56(8)9)48(33(4)68-52)72-45-28-53(7,74-35(6)60)51(34(5)67-45)71-43(63)13-2/h14-15,17-19,24,26,30-34,37,39-41,45-52,61,65H,12-13,16,20-23,25,27-29H2,1-11H3/b18-15+/t32-,33?,34?,37+,39+,40+,41-,45+,46?,47?,48-,49+,50+,51+,52+,53?/m1/s1. The molecule has 3 fully saturated rings. The van der Waals surface area contributed by atoms with Crippen LogP contribution in [-0.4, -0.2) is 192 Å². The molecule has 4 heterocycles. The molecule has 414 valence electrons. The summed E-state index contributed by atoms with van der Waals surface area (Å²) in [6, 6.07) is 6.89. The second-order valence-corrected chi connectivity index (χ2v) is 20.3. The van der Waals surface area contributed by atoms with Gasteiger partial charge in [-0.05, 0) is 97.3 Å². The zero-order valence-electron chi connectivity index (χ0n) is 45.0. The fraction of sp³-hybridized carbons (Fsp3) is 0.717. The maximum atomic E-state index is 14.2. The average molecular weight is 1040 g/mol. The second kappa shape index (κ2) is 28.4. The number of methoxy groups -OCH3 is 1. The van der Waals surface area contributed by atoms with Gasteiger partial charge in [-0.15, -0.1) is 0 Å². The number of nitrogens with zero attached hydrogens (tertiary/aromatic N) is 5. The van der Waals surface area contributed by atoms with Gasteiger partial charge in [-0.1, -0.05) is 45.1 Å². The van der Waals surface area contributed by atoms with Crippen molar-refractivity contribution in [2.75, 3.05) is 41.3 Å². The highest BCUT2D eigenvalue weighted by atomic mass is 16.7. The fourth-order valence-electron chi connectivity index (χ4n) is 10.3. The summed E-state index contributed by atoms with van der Waals surface area (Å²) in [5.74, 6) is -3.49. The van der Waals surface area contributed by atoms with Crippen molar-refractivity contribution in [2.24, 2.45) is 11.8 Å². The Morgan fingerprint density at radius 3 is 2.36 bits per heavy atom.